The summed E-state index contributed by atoms with van der Waals surface area (Å²) in [5.74, 6) is 12.5. The fourth-order valence-electron chi connectivity index (χ4n) is 3.95. The predicted molar refractivity (Wildman–Crippen MR) is 153 cm³/mol. The lowest BCUT2D eigenvalue weighted by Crippen LogP contribution is -1.95. The van der Waals surface area contributed by atoms with E-state index in [9.17, 15) is 9.90 Å². The molecule has 0 aromatic carbocycles. The minimum atomic E-state index is -1.07. The fraction of sp³-hybridized carbons (Fsp3) is 0.667. The van der Waals surface area contributed by atoms with E-state index in [0.717, 1.165) is 32.1 Å². The first-order chi connectivity index (χ1) is 17.7. The van der Waals surface area contributed by atoms with Crippen LogP contribution in [-0.2, 0) is 4.79 Å². The van der Waals surface area contributed by atoms with Crippen molar-refractivity contribution in [1.82, 2.24) is 0 Å². The number of hydrogen-bond acceptors (Lipinski definition) is 2. The van der Waals surface area contributed by atoms with Gasteiger partial charge in [0.2, 0.25) is 0 Å². The molecule has 0 bridgehead atoms. The summed E-state index contributed by atoms with van der Waals surface area (Å²) in [4.78, 5) is 10.2. The number of hydrogen-bond donors (Lipinski definition) is 2. The monoisotopic (exact) mass is 494 g/mol. The molecule has 200 valence electrons. The maximum Gasteiger partial charge on any atom is 0.382 e. The zero-order valence-corrected chi connectivity index (χ0v) is 22.6. The van der Waals surface area contributed by atoms with Crippen LogP contribution in [-0.4, -0.2) is 22.3 Å². The van der Waals surface area contributed by atoms with E-state index in [1.54, 1.807) is 12.2 Å². The van der Waals surface area contributed by atoms with Gasteiger partial charge in [-0.05, 0) is 50.7 Å². The van der Waals surface area contributed by atoms with Gasteiger partial charge in [0.15, 0.2) is 0 Å². The quantitative estimate of drug-likeness (QED) is 0.0902. The van der Waals surface area contributed by atoms with Gasteiger partial charge in [-0.3, -0.25) is 0 Å². The normalized spacial score (nSPS) is 11.6. The number of unbranched alkanes of at least 4 members (excludes halogenated alkanes) is 19. The summed E-state index contributed by atoms with van der Waals surface area (Å²) in [7, 11) is 0. The van der Waals surface area contributed by atoms with Gasteiger partial charge in [-0.1, -0.05) is 107 Å². The van der Waals surface area contributed by atoms with Crippen LogP contribution in [0.1, 0.15) is 135 Å². The third-order valence-corrected chi connectivity index (χ3v) is 6.09. The summed E-state index contributed by atoms with van der Waals surface area (Å²) in [5.41, 5.74) is 0. The zero-order chi connectivity index (χ0) is 26.4. The molecule has 0 aliphatic rings. The second-order valence-electron chi connectivity index (χ2n) is 9.46. The van der Waals surface area contributed by atoms with E-state index in [1.165, 1.54) is 103 Å². The van der Waals surface area contributed by atoms with Crippen LogP contribution in [0.15, 0.2) is 24.3 Å². The number of carboxylic acids is 1. The molecular weight excluding hydrogens is 444 g/mol. The molecule has 0 aliphatic carbocycles. The van der Waals surface area contributed by atoms with Crippen LogP contribution < -0.4 is 0 Å². The Morgan fingerprint density at radius 1 is 0.667 bits per heavy atom. The van der Waals surface area contributed by atoms with E-state index >= 15 is 0 Å². The minimum absolute atomic E-state index is 0.729. The first-order valence-electron chi connectivity index (χ1n) is 14.3. The molecule has 1 unspecified atom stereocenters. The second-order valence-corrected chi connectivity index (χ2v) is 9.46. The van der Waals surface area contributed by atoms with Crippen molar-refractivity contribution < 1.29 is 15.0 Å². The van der Waals surface area contributed by atoms with Gasteiger partial charge >= 0.3 is 5.97 Å². The number of rotatable bonds is 22. The molecule has 0 heterocycles. The highest BCUT2D eigenvalue weighted by Crippen LogP contribution is 2.12. The average Bonchev–Trinajstić information content (AvgIpc) is 2.87. The van der Waals surface area contributed by atoms with Gasteiger partial charge < -0.3 is 10.2 Å². The second kappa shape index (κ2) is 28.8. The van der Waals surface area contributed by atoms with Gasteiger partial charge in [0.1, 0.15) is 6.10 Å². The molecule has 0 aliphatic heterocycles. The first kappa shape index (κ1) is 33.6. The molecule has 36 heavy (non-hydrogen) atoms. The van der Waals surface area contributed by atoms with Gasteiger partial charge in [-0.25, -0.2) is 4.79 Å². The summed E-state index contributed by atoms with van der Waals surface area (Å²) in [6.07, 6.45) is 37.6. The highest BCUT2D eigenvalue weighted by molar-refractivity contribution is 5.86. The van der Waals surface area contributed by atoms with Crippen LogP contribution in [0.25, 0.3) is 0 Å². The van der Waals surface area contributed by atoms with Crippen LogP contribution >= 0.6 is 0 Å². The van der Waals surface area contributed by atoms with Crippen LogP contribution in [0, 0.1) is 36.0 Å². The molecule has 0 rings (SSSR count). The molecule has 0 saturated carbocycles. The Morgan fingerprint density at radius 2 is 1.08 bits per heavy atom. The zero-order valence-electron chi connectivity index (χ0n) is 22.6. The van der Waals surface area contributed by atoms with Gasteiger partial charge in [-0.15, -0.1) is 18.3 Å². The van der Waals surface area contributed by atoms with Crippen LogP contribution in [0.2, 0.25) is 0 Å². The van der Waals surface area contributed by atoms with E-state index in [4.69, 9.17) is 11.5 Å². The van der Waals surface area contributed by atoms with Crippen molar-refractivity contribution in [3.05, 3.63) is 24.3 Å². The number of carbonyl (C=O) groups is 1. The largest absolute Gasteiger partial charge is 0.472 e. The topological polar surface area (TPSA) is 57.5 Å². The van der Waals surface area contributed by atoms with Gasteiger partial charge in [-0.2, -0.15) is 0 Å². The van der Waals surface area contributed by atoms with E-state index < -0.39 is 12.1 Å². The van der Waals surface area contributed by atoms with Crippen molar-refractivity contribution in [3.8, 4) is 36.0 Å². The summed E-state index contributed by atoms with van der Waals surface area (Å²) in [6, 6.07) is 0. The standard InChI is InChI=1S/C33H50O3/c1-2-32(34)30-28-26-24-22-20-18-16-14-12-10-8-6-4-3-5-7-9-11-13-15-17-19-21-23-25-27-29-31-33(35)36/h1,25,27-28,30,32,34H,3-5,7,9-24,26H2,(H,35,36). The average molecular weight is 495 g/mol. The van der Waals surface area contributed by atoms with E-state index in [-0.39, 0.29) is 0 Å². The van der Waals surface area contributed by atoms with E-state index in [2.05, 4.69) is 29.6 Å². The third kappa shape index (κ3) is 29.6. The molecule has 0 radical (unpaired) electrons. The smallest absolute Gasteiger partial charge is 0.382 e. The molecule has 1 atom stereocenters. The van der Waals surface area contributed by atoms with Crippen molar-refractivity contribution in [2.24, 2.45) is 0 Å². The Balaban J connectivity index is 3.23. The highest BCUT2D eigenvalue weighted by Gasteiger charge is 1.94. The lowest BCUT2D eigenvalue weighted by molar-refractivity contribution is -0.130. The highest BCUT2D eigenvalue weighted by atomic mass is 16.4. The van der Waals surface area contributed by atoms with Crippen molar-refractivity contribution in [3.63, 3.8) is 0 Å². The Labute approximate surface area is 222 Å². The Kier molecular flexibility index (Phi) is 26.9. The maximum absolute atomic E-state index is 10.2. The molecule has 0 spiro atoms. The Morgan fingerprint density at radius 3 is 1.53 bits per heavy atom. The lowest BCUT2D eigenvalue weighted by atomic mass is 10.0. The van der Waals surface area contributed by atoms with Gasteiger partial charge in [0.05, 0.1) is 0 Å². The number of aliphatic hydroxyl groups is 1. The summed E-state index contributed by atoms with van der Waals surface area (Å²) >= 11 is 0. The van der Waals surface area contributed by atoms with Crippen molar-refractivity contribution in [2.75, 3.05) is 0 Å². The number of carboxylic acid groups (broad SMARTS) is 1. The van der Waals surface area contributed by atoms with Crippen LogP contribution in [0.5, 0.6) is 0 Å². The molecule has 0 amide bonds. The Bertz CT molecular complexity index is 733. The number of terminal acetylenes is 1. The Hall–Kier alpha value is -2.41. The maximum atomic E-state index is 10.2. The third-order valence-electron chi connectivity index (χ3n) is 6.09. The molecular formula is C33H50O3. The molecule has 0 aromatic rings. The van der Waals surface area contributed by atoms with Gasteiger partial charge in [0.25, 0.3) is 0 Å². The fourth-order valence-corrected chi connectivity index (χ4v) is 3.95. The van der Waals surface area contributed by atoms with E-state index in [1.807, 2.05) is 12.2 Å². The van der Waals surface area contributed by atoms with Crippen molar-refractivity contribution >= 4 is 5.97 Å². The molecule has 0 saturated heterocycles. The summed E-state index contributed by atoms with van der Waals surface area (Å²) in [6.45, 7) is 0. The number of aliphatic hydroxyl groups excluding tert-OH is 1. The number of aliphatic carboxylic acids is 1. The first-order valence-corrected chi connectivity index (χ1v) is 14.3. The molecule has 3 heteroatoms. The molecule has 0 fully saturated rings. The minimum Gasteiger partial charge on any atom is -0.472 e. The van der Waals surface area contributed by atoms with Crippen LogP contribution in [0.4, 0.5) is 0 Å². The van der Waals surface area contributed by atoms with Crippen LogP contribution in [0.3, 0.4) is 0 Å². The van der Waals surface area contributed by atoms with Crippen molar-refractivity contribution in [1.29, 1.82) is 0 Å². The molecule has 3 nitrogen and oxygen atoms in total. The SMILES string of the molecule is C#CC(O)C=CCCCCCCCCCC#CCCCCCCCCCCCCC=CC#CC(=O)O. The lowest BCUT2D eigenvalue weighted by Gasteiger charge is -2.01. The molecule has 0 aromatic heterocycles. The van der Waals surface area contributed by atoms with Crippen molar-refractivity contribution in [2.45, 2.75) is 141 Å². The molecule has 2 N–H and O–H groups in total. The summed E-state index contributed by atoms with van der Waals surface area (Å²) in [5, 5.41) is 17.6. The summed E-state index contributed by atoms with van der Waals surface area (Å²) < 4.78 is 0. The number of allylic oxidation sites excluding steroid dienone is 3. The van der Waals surface area contributed by atoms with Gasteiger partial charge in [0, 0.05) is 18.8 Å². The van der Waals surface area contributed by atoms with E-state index in [0.29, 0.717) is 0 Å². The predicted octanol–water partition coefficient (Wildman–Crippen LogP) is 8.38.